The van der Waals surface area contributed by atoms with Crippen molar-refractivity contribution in [1.29, 1.82) is 0 Å². The van der Waals surface area contributed by atoms with Crippen LogP contribution in [0.3, 0.4) is 0 Å². The zero-order valence-electron chi connectivity index (χ0n) is 15.1. The van der Waals surface area contributed by atoms with E-state index in [9.17, 15) is 9.59 Å². The minimum atomic E-state index is -0.248. The van der Waals surface area contributed by atoms with Crippen LogP contribution in [0.2, 0.25) is 5.02 Å². The van der Waals surface area contributed by atoms with Crippen molar-refractivity contribution in [3.05, 3.63) is 51.2 Å². The molecule has 0 saturated heterocycles. The highest BCUT2D eigenvalue weighted by Crippen LogP contribution is 2.27. The smallest absolute Gasteiger partial charge is 0.278 e. The number of hydrogen-bond acceptors (Lipinski definition) is 4. The Morgan fingerprint density at radius 3 is 2.93 bits per heavy atom. The summed E-state index contributed by atoms with van der Waals surface area (Å²) in [5.74, 6) is 1.11. The van der Waals surface area contributed by atoms with E-state index < -0.39 is 0 Å². The number of halogens is 1. The monoisotopic (exact) mass is 386 g/mol. The predicted octanol–water partition coefficient (Wildman–Crippen LogP) is 2.75. The maximum Gasteiger partial charge on any atom is 0.278 e. The summed E-state index contributed by atoms with van der Waals surface area (Å²) in [5.41, 5.74) is 2.42. The van der Waals surface area contributed by atoms with Crippen LogP contribution in [0.5, 0.6) is 5.75 Å². The van der Waals surface area contributed by atoms with Crippen LogP contribution in [0.15, 0.2) is 29.1 Å². The minimum absolute atomic E-state index is 0.0231. The SMILES string of the molecule is COc1ccc(NC(=O)Cn2c(C)cc3nc4n(c(=O)c32)CCC4)cc1Cl. The van der Waals surface area contributed by atoms with Crippen molar-refractivity contribution in [3.63, 3.8) is 0 Å². The van der Waals surface area contributed by atoms with Crippen LogP contribution in [0, 0.1) is 6.92 Å². The van der Waals surface area contributed by atoms with Gasteiger partial charge in [-0.15, -0.1) is 0 Å². The molecule has 1 aliphatic rings. The van der Waals surface area contributed by atoms with Crippen LogP contribution in [0.4, 0.5) is 5.69 Å². The molecule has 8 heteroatoms. The van der Waals surface area contributed by atoms with Crippen LogP contribution < -0.4 is 15.6 Å². The van der Waals surface area contributed by atoms with Gasteiger partial charge in [-0.05, 0) is 37.6 Å². The van der Waals surface area contributed by atoms with Gasteiger partial charge in [0, 0.05) is 24.3 Å². The number of carbonyl (C=O) groups excluding carboxylic acids is 1. The van der Waals surface area contributed by atoms with Crippen molar-refractivity contribution >= 4 is 34.2 Å². The van der Waals surface area contributed by atoms with Crippen LogP contribution in [-0.2, 0) is 24.3 Å². The molecule has 0 atom stereocenters. The molecule has 4 rings (SSSR count). The Balaban J connectivity index is 1.63. The largest absolute Gasteiger partial charge is 0.495 e. The minimum Gasteiger partial charge on any atom is -0.495 e. The third kappa shape index (κ3) is 3.08. The zero-order valence-corrected chi connectivity index (χ0v) is 15.8. The molecule has 1 amide bonds. The molecule has 0 saturated carbocycles. The van der Waals surface area contributed by atoms with E-state index in [1.54, 1.807) is 27.3 Å². The molecule has 7 nitrogen and oxygen atoms in total. The Morgan fingerprint density at radius 2 is 2.19 bits per heavy atom. The fraction of sp³-hybridized carbons (Fsp3) is 0.316. The van der Waals surface area contributed by atoms with Crippen LogP contribution >= 0.6 is 11.6 Å². The Labute approximate surface area is 160 Å². The molecule has 0 aliphatic carbocycles. The number of ether oxygens (including phenoxy) is 1. The lowest BCUT2D eigenvalue weighted by atomic mass is 10.3. The fourth-order valence-corrected chi connectivity index (χ4v) is 3.78. The summed E-state index contributed by atoms with van der Waals surface area (Å²) < 4.78 is 8.54. The number of nitrogens with one attached hydrogen (secondary N) is 1. The summed E-state index contributed by atoms with van der Waals surface area (Å²) in [4.78, 5) is 30.0. The molecule has 1 N–H and O–H groups in total. The highest BCUT2D eigenvalue weighted by Gasteiger charge is 2.20. The molecule has 0 spiro atoms. The molecule has 140 valence electrons. The van der Waals surface area contributed by atoms with E-state index in [1.807, 2.05) is 13.0 Å². The van der Waals surface area contributed by atoms with E-state index in [4.69, 9.17) is 16.3 Å². The van der Waals surface area contributed by atoms with Crippen molar-refractivity contribution in [2.45, 2.75) is 32.9 Å². The van der Waals surface area contributed by atoms with Gasteiger partial charge >= 0.3 is 0 Å². The molecule has 0 unspecified atom stereocenters. The van der Waals surface area contributed by atoms with Gasteiger partial charge in [0.1, 0.15) is 23.6 Å². The number of fused-ring (bicyclic) bond motifs is 2. The standard InChI is InChI=1S/C19H19ClN4O3/c1-11-8-14-18(19(26)23-7-3-4-16(23)22-14)24(11)10-17(25)21-12-5-6-15(27-2)13(20)9-12/h5-6,8-9H,3-4,7,10H2,1-2H3,(H,21,25). The number of hydrogen-bond donors (Lipinski definition) is 1. The first-order valence-electron chi connectivity index (χ1n) is 8.71. The topological polar surface area (TPSA) is 78.2 Å². The number of aryl methyl sites for hydroxylation is 2. The number of amides is 1. The highest BCUT2D eigenvalue weighted by atomic mass is 35.5. The summed E-state index contributed by atoms with van der Waals surface area (Å²) in [7, 11) is 1.53. The van der Waals surface area contributed by atoms with Gasteiger partial charge in [0.05, 0.1) is 17.6 Å². The summed E-state index contributed by atoms with van der Waals surface area (Å²) >= 11 is 6.10. The van der Waals surface area contributed by atoms with Gasteiger partial charge < -0.3 is 14.6 Å². The third-order valence-electron chi connectivity index (χ3n) is 4.81. The second kappa shape index (κ2) is 6.74. The van der Waals surface area contributed by atoms with Gasteiger partial charge in [0.2, 0.25) is 5.91 Å². The number of aromatic nitrogens is 3. The second-order valence-corrected chi connectivity index (χ2v) is 7.00. The van der Waals surface area contributed by atoms with Crippen molar-refractivity contribution in [1.82, 2.24) is 14.1 Å². The van der Waals surface area contributed by atoms with Gasteiger partial charge in [-0.25, -0.2) is 4.98 Å². The number of rotatable bonds is 4. The zero-order chi connectivity index (χ0) is 19.1. The highest BCUT2D eigenvalue weighted by molar-refractivity contribution is 6.32. The molecule has 1 aromatic carbocycles. The molecule has 0 bridgehead atoms. The van der Waals surface area contributed by atoms with Crippen LogP contribution in [-0.4, -0.2) is 27.1 Å². The maximum absolute atomic E-state index is 12.8. The van der Waals surface area contributed by atoms with Crippen LogP contribution in [0.1, 0.15) is 17.9 Å². The average molecular weight is 387 g/mol. The molecule has 0 fully saturated rings. The molecule has 3 aromatic rings. The fourth-order valence-electron chi connectivity index (χ4n) is 3.52. The molecular formula is C19H19ClN4O3. The quantitative estimate of drug-likeness (QED) is 0.747. The van der Waals surface area contributed by atoms with Crippen molar-refractivity contribution in [3.8, 4) is 5.75 Å². The Kier molecular flexibility index (Phi) is 4.39. The lowest BCUT2D eigenvalue weighted by Gasteiger charge is -2.11. The maximum atomic E-state index is 12.8. The molecular weight excluding hydrogens is 368 g/mol. The Hall–Kier alpha value is -2.80. The van der Waals surface area contributed by atoms with Crippen molar-refractivity contribution in [2.24, 2.45) is 0 Å². The summed E-state index contributed by atoms with van der Waals surface area (Å²) in [6, 6.07) is 6.88. The van der Waals surface area contributed by atoms with E-state index in [0.717, 1.165) is 24.4 Å². The number of anilines is 1. The van der Waals surface area contributed by atoms with Crippen molar-refractivity contribution in [2.75, 3.05) is 12.4 Å². The number of carbonyl (C=O) groups is 1. The second-order valence-electron chi connectivity index (χ2n) is 6.59. The number of nitrogens with zero attached hydrogens (tertiary/aromatic N) is 3. The first-order valence-corrected chi connectivity index (χ1v) is 9.08. The van der Waals surface area contributed by atoms with Gasteiger partial charge in [0.25, 0.3) is 5.56 Å². The van der Waals surface area contributed by atoms with Crippen LogP contribution in [0.25, 0.3) is 11.0 Å². The van der Waals surface area contributed by atoms with Gasteiger partial charge in [-0.1, -0.05) is 11.6 Å². The average Bonchev–Trinajstić information content (AvgIpc) is 3.20. The van der Waals surface area contributed by atoms with E-state index in [-0.39, 0.29) is 18.0 Å². The van der Waals surface area contributed by atoms with Gasteiger partial charge in [-0.3, -0.25) is 14.2 Å². The van der Waals surface area contributed by atoms with Gasteiger partial charge in [-0.2, -0.15) is 0 Å². The molecule has 1 aliphatic heterocycles. The van der Waals surface area contributed by atoms with E-state index in [1.165, 1.54) is 7.11 Å². The third-order valence-corrected chi connectivity index (χ3v) is 5.11. The summed E-state index contributed by atoms with van der Waals surface area (Å²) in [5, 5.41) is 3.22. The molecule has 0 radical (unpaired) electrons. The Bertz CT molecular complexity index is 1120. The summed E-state index contributed by atoms with van der Waals surface area (Å²) in [6.45, 7) is 2.57. The number of methoxy groups -OCH3 is 1. The molecule has 3 heterocycles. The number of benzene rings is 1. The first-order chi connectivity index (χ1) is 13.0. The molecule has 27 heavy (non-hydrogen) atoms. The van der Waals surface area contributed by atoms with Gasteiger partial charge in [0.15, 0.2) is 0 Å². The first kappa shape index (κ1) is 17.6. The lowest BCUT2D eigenvalue weighted by molar-refractivity contribution is -0.116. The van der Waals surface area contributed by atoms with E-state index >= 15 is 0 Å². The molecule has 2 aromatic heterocycles. The summed E-state index contributed by atoms with van der Waals surface area (Å²) in [6.07, 6.45) is 1.74. The van der Waals surface area contributed by atoms with Crippen molar-refractivity contribution < 1.29 is 9.53 Å². The Morgan fingerprint density at radius 1 is 1.37 bits per heavy atom. The van der Waals surface area contributed by atoms with E-state index in [2.05, 4.69) is 10.3 Å². The normalized spacial score (nSPS) is 13.0. The predicted molar refractivity (Wildman–Crippen MR) is 104 cm³/mol. The lowest BCUT2D eigenvalue weighted by Crippen LogP contribution is -2.26. The van der Waals surface area contributed by atoms with E-state index in [0.29, 0.717) is 34.0 Å².